The first-order valence-electron chi connectivity index (χ1n) is 7.35. The van der Waals surface area contributed by atoms with E-state index >= 15 is 0 Å². The van der Waals surface area contributed by atoms with Gasteiger partial charge in [0.25, 0.3) is 15.7 Å². The monoisotopic (exact) mass is 389 g/mol. The zero-order chi connectivity index (χ0) is 18.7. The lowest BCUT2D eigenvalue weighted by Gasteiger charge is -2.06. The summed E-state index contributed by atoms with van der Waals surface area (Å²) in [7, 11) is -4.15. The highest BCUT2D eigenvalue weighted by Gasteiger charge is 2.26. The molecular weight excluding hydrogens is 376 g/mol. The number of para-hydroxylation sites is 1. The number of rotatable bonds is 6. The van der Waals surface area contributed by atoms with E-state index in [-0.39, 0.29) is 21.1 Å². The molecule has 0 fully saturated rings. The van der Waals surface area contributed by atoms with Crippen LogP contribution in [0, 0.1) is 4.91 Å². The summed E-state index contributed by atoms with van der Waals surface area (Å²) in [6.07, 6.45) is 0. The molecule has 0 saturated heterocycles. The van der Waals surface area contributed by atoms with Crippen LogP contribution in [-0.4, -0.2) is 19.5 Å². The first-order valence-corrected chi connectivity index (χ1v) is 9.65. The third kappa shape index (κ3) is 3.48. The van der Waals surface area contributed by atoms with Gasteiger partial charge in [0.05, 0.1) is 5.69 Å². The van der Waals surface area contributed by atoms with Crippen molar-refractivity contribution in [1.29, 1.82) is 0 Å². The zero-order valence-corrected chi connectivity index (χ0v) is 14.8. The Morgan fingerprint density at radius 2 is 1.69 bits per heavy atom. The quantitative estimate of drug-likeness (QED) is 0.599. The van der Waals surface area contributed by atoms with E-state index in [1.807, 2.05) is 6.07 Å². The van der Waals surface area contributed by atoms with Gasteiger partial charge in [-0.15, -0.1) is 11.3 Å². The van der Waals surface area contributed by atoms with Gasteiger partial charge in [0.2, 0.25) is 0 Å². The van der Waals surface area contributed by atoms with Crippen LogP contribution in [0.5, 0.6) is 0 Å². The SMILES string of the molecule is O=[NH+]c1ccccc1S(=O)(=O)Nc1cc(-c2ccccc2)sc1C(=O)O. The fraction of sp³-hybridized carbons (Fsp3) is 0. The van der Waals surface area contributed by atoms with Crippen molar-refractivity contribution in [1.82, 2.24) is 0 Å². The molecule has 0 amide bonds. The van der Waals surface area contributed by atoms with E-state index in [9.17, 15) is 23.2 Å². The van der Waals surface area contributed by atoms with E-state index in [0.29, 0.717) is 4.88 Å². The topological polar surface area (TPSA) is 115 Å². The van der Waals surface area contributed by atoms with E-state index < -0.39 is 16.0 Å². The smallest absolute Gasteiger partial charge is 0.348 e. The van der Waals surface area contributed by atoms with Gasteiger partial charge in [0.15, 0.2) is 4.90 Å². The predicted molar refractivity (Wildman–Crippen MR) is 98.0 cm³/mol. The molecule has 3 N–H and O–H groups in total. The number of hydrogen-bond acceptors (Lipinski definition) is 5. The van der Waals surface area contributed by atoms with Gasteiger partial charge in [0, 0.05) is 21.0 Å². The second kappa shape index (κ2) is 7.06. The minimum atomic E-state index is -4.15. The van der Waals surface area contributed by atoms with Gasteiger partial charge in [-0.05, 0) is 17.7 Å². The molecule has 0 aliphatic carbocycles. The second-order valence-corrected chi connectivity index (χ2v) is 7.93. The Hall–Kier alpha value is -3.04. The molecule has 3 rings (SSSR count). The molecule has 0 bridgehead atoms. The molecule has 0 radical (unpaired) electrons. The molecule has 0 aliphatic rings. The molecule has 0 unspecified atom stereocenters. The highest BCUT2D eigenvalue weighted by atomic mass is 32.2. The maximum absolute atomic E-state index is 12.6. The van der Waals surface area contributed by atoms with E-state index in [1.165, 1.54) is 30.3 Å². The van der Waals surface area contributed by atoms with Gasteiger partial charge >= 0.3 is 5.97 Å². The van der Waals surface area contributed by atoms with Gasteiger partial charge in [-0.25, -0.2) is 13.2 Å². The van der Waals surface area contributed by atoms with Crippen molar-refractivity contribution in [3.8, 4) is 10.4 Å². The largest absolute Gasteiger partial charge is 0.477 e. The summed E-state index contributed by atoms with van der Waals surface area (Å²) in [5.74, 6) is -1.25. The van der Waals surface area contributed by atoms with Crippen LogP contribution >= 0.6 is 11.3 Å². The molecule has 7 nitrogen and oxygen atoms in total. The molecule has 0 saturated carbocycles. The number of thiophene rings is 1. The molecule has 0 atom stereocenters. The lowest BCUT2D eigenvalue weighted by Crippen LogP contribution is -2.56. The lowest BCUT2D eigenvalue weighted by atomic mass is 10.2. The summed E-state index contributed by atoms with van der Waals surface area (Å²) in [6, 6.07) is 16.1. The van der Waals surface area contributed by atoms with Crippen LogP contribution in [0.4, 0.5) is 11.4 Å². The first kappa shape index (κ1) is 17.8. The number of nitroso groups, excluding NO2 is 1. The molecule has 3 aromatic rings. The molecule has 0 spiro atoms. The Kier molecular flexibility index (Phi) is 4.83. The standard InChI is InChI=1S/C17H12N2O5S2/c20-17(21)16-13(10-14(25-16)11-6-2-1-3-7-11)19-26(23,24)15-9-5-4-8-12(15)18-22/h1-10,19H,(H,20,21)/p+1. The molecule has 1 heterocycles. The van der Waals surface area contributed by atoms with Crippen LogP contribution in [0.2, 0.25) is 0 Å². The number of carbonyl (C=O) groups is 1. The number of carboxylic acid groups (broad SMARTS) is 1. The summed E-state index contributed by atoms with van der Waals surface area (Å²) >= 11 is 0.963. The number of carboxylic acids is 1. The van der Waals surface area contributed by atoms with Crippen LogP contribution in [0.25, 0.3) is 10.4 Å². The number of aromatic carboxylic acids is 1. The van der Waals surface area contributed by atoms with Crippen molar-refractivity contribution in [3.63, 3.8) is 0 Å². The fourth-order valence-corrected chi connectivity index (χ4v) is 4.60. The molecule has 1 aromatic heterocycles. The lowest BCUT2D eigenvalue weighted by molar-refractivity contribution is -0.382. The van der Waals surface area contributed by atoms with Gasteiger partial charge in [0.1, 0.15) is 4.88 Å². The van der Waals surface area contributed by atoms with Crippen LogP contribution in [0.15, 0.2) is 65.6 Å². The minimum absolute atomic E-state index is 0.0537. The van der Waals surface area contributed by atoms with E-state index in [1.54, 1.807) is 29.4 Å². The number of sulfonamides is 1. The van der Waals surface area contributed by atoms with Gasteiger partial charge < -0.3 is 5.11 Å². The second-order valence-electron chi connectivity index (χ2n) is 5.23. The molecular formula is C17H13N2O5S2+. The number of anilines is 1. The Morgan fingerprint density at radius 1 is 1.04 bits per heavy atom. The first-order chi connectivity index (χ1) is 12.4. The average molecular weight is 389 g/mol. The Bertz CT molecular complexity index is 1080. The van der Waals surface area contributed by atoms with Crippen molar-refractivity contribution in [2.45, 2.75) is 4.90 Å². The van der Waals surface area contributed by atoms with E-state index in [4.69, 9.17) is 0 Å². The van der Waals surface area contributed by atoms with E-state index in [2.05, 4.69) is 4.72 Å². The number of nitrogens with one attached hydrogen (secondary N) is 2. The zero-order valence-electron chi connectivity index (χ0n) is 13.2. The minimum Gasteiger partial charge on any atom is -0.477 e. The maximum atomic E-state index is 12.6. The predicted octanol–water partition coefficient (Wildman–Crippen LogP) is 2.39. The summed E-state index contributed by atoms with van der Waals surface area (Å²) in [6.45, 7) is 0. The highest BCUT2D eigenvalue weighted by Crippen LogP contribution is 2.36. The van der Waals surface area contributed by atoms with Crippen LogP contribution in [0.3, 0.4) is 0 Å². The summed E-state index contributed by atoms with van der Waals surface area (Å²) < 4.78 is 27.5. The summed E-state index contributed by atoms with van der Waals surface area (Å²) in [5, 5.41) is 11.0. The number of benzene rings is 2. The fourth-order valence-electron chi connectivity index (χ4n) is 2.36. The van der Waals surface area contributed by atoms with Crippen LogP contribution < -0.4 is 9.90 Å². The third-order valence-corrected chi connectivity index (χ3v) is 6.11. The Labute approximate surface area is 153 Å². The van der Waals surface area contributed by atoms with Crippen LogP contribution in [0.1, 0.15) is 9.67 Å². The van der Waals surface area contributed by atoms with Crippen molar-refractivity contribution in [3.05, 3.63) is 70.4 Å². The van der Waals surface area contributed by atoms with Gasteiger partial charge in [-0.1, -0.05) is 42.5 Å². The molecule has 132 valence electrons. The highest BCUT2D eigenvalue weighted by molar-refractivity contribution is 7.92. The molecule has 9 heteroatoms. The Balaban J connectivity index is 2.05. The van der Waals surface area contributed by atoms with Crippen molar-refractivity contribution in [2.75, 3.05) is 4.72 Å². The summed E-state index contributed by atoms with van der Waals surface area (Å²) in [4.78, 5) is 22.7. The van der Waals surface area contributed by atoms with Crippen LogP contribution in [-0.2, 0) is 10.0 Å². The van der Waals surface area contributed by atoms with Crippen molar-refractivity contribution >= 4 is 38.7 Å². The maximum Gasteiger partial charge on any atom is 0.348 e. The Morgan fingerprint density at radius 3 is 2.35 bits per heavy atom. The molecule has 26 heavy (non-hydrogen) atoms. The van der Waals surface area contributed by atoms with Crippen molar-refractivity contribution in [2.24, 2.45) is 0 Å². The third-order valence-electron chi connectivity index (χ3n) is 3.52. The summed E-state index contributed by atoms with van der Waals surface area (Å²) in [5.41, 5.74) is 0.588. The normalized spacial score (nSPS) is 11.1. The van der Waals surface area contributed by atoms with Gasteiger partial charge in [-0.2, -0.15) is 0 Å². The van der Waals surface area contributed by atoms with E-state index in [0.717, 1.165) is 16.9 Å². The average Bonchev–Trinajstić information content (AvgIpc) is 3.06. The van der Waals surface area contributed by atoms with Crippen molar-refractivity contribution < 1.29 is 23.5 Å². The number of hydrogen-bond donors (Lipinski definition) is 3. The molecule has 2 aromatic carbocycles. The van der Waals surface area contributed by atoms with Gasteiger partial charge in [-0.3, -0.25) is 4.72 Å². The molecule has 0 aliphatic heterocycles.